The van der Waals surface area contributed by atoms with Gasteiger partial charge in [-0.15, -0.1) is 12.4 Å². The number of pyridine rings is 1. The highest BCUT2D eigenvalue weighted by Gasteiger charge is 2.13. The second kappa shape index (κ2) is 8.39. The van der Waals surface area contributed by atoms with Gasteiger partial charge in [-0.2, -0.15) is 5.23 Å². The number of morpholine rings is 1. The summed E-state index contributed by atoms with van der Waals surface area (Å²) in [6.07, 6.45) is 1.70. The van der Waals surface area contributed by atoms with Crippen molar-refractivity contribution in [3.63, 3.8) is 0 Å². The summed E-state index contributed by atoms with van der Waals surface area (Å²) in [4.78, 5) is 6.58. The number of anilines is 1. The molecule has 0 radical (unpaired) electrons. The summed E-state index contributed by atoms with van der Waals surface area (Å²) in [6.45, 7) is 5.11. The Balaban J connectivity index is 0.00000192. The summed E-state index contributed by atoms with van der Waals surface area (Å²) in [5, 5.41) is 23.8. The quantitative estimate of drug-likeness (QED) is 0.698. The fraction of sp³-hybridized carbons (Fsp3) is 0.400. The van der Waals surface area contributed by atoms with Crippen LogP contribution in [0.2, 0.25) is 0 Å². The number of aromatic nitrogens is 1. The number of fused-ring (bicyclic) bond motifs is 1. The van der Waals surface area contributed by atoms with E-state index >= 15 is 0 Å². The van der Waals surface area contributed by atoms with Gasteiger partial charge in [0.1, 0.15) is 0 Å². The lowest BCUT2D eigenvalue weighted by molar-refractivity contribution is -0.990. The van der Waals surface area contributed by atoms with Crippen LogP contribution in [0, 0.1) is 5.21 Å². The lowest BCUT2D eigenvalue weighted by Crippen LogP contribution is -2.99. The van der Waals surface area contributed by atoms with Gasteiger partial charge >= 0.3 is 0 Å². The van der Waals surface area contributed by atoms with Gasteiger partial charge in [0.15, 0.2) is 5.69 Å². The molecule has 1 aliphatic heterocycles. The molecule has 1 saturated heterocycles. The molecule has 1 aromatic heterocycles. The SMILES string of the molecule is Cl.[O-][NH+](O)c1cccc2nccc(NCCN3CCOCC3)c12. The van der Waals surface area contributed by atoms with Crippen molar-refractivity contribution >= 4 is 34.7 Å². The molecule has 126 valence electrons. The predicted octanol–water partition coefficient (Wildman–Crippen LogP) is 0.804. The molecule has 7 nitrogen and oxygen atoms in total. The summed E-state index contributed by atoms with van der Waals surface area (Å²) in [5.74, 6) is 0. The van der Waals surface area contributed by atoms with E-state index in [1.54, 1.807) is 18.3 Å². The topological polar surface area (TPSA) is 85.1 Å². The monoisotopic (exact) mass is 340 g/mol. The van der Waals surface area contributed by atoms with Crippen LogP contribution in [0.25, 0.3) is 10.9 Å². The number of nitrogens with one attached hydrogen (secondary N) is 2. The van der Waals surface area contributed by atoms with Crippen LogP contribution in [0.15, 0.2) is 30.5 Å². The number of halogens is 1. The highest BCUT2D eigenvalue weighted by atomic mass is 35.5. The molecule has 2 aromatic rings. The van der Waals surface area contributed by atoms with E-state index in [-0.39, 0.29) is 18.1 Å². The smallest absolute Gasteiger partial charge is 0.175 e. The molecule has 8 heteroatoms. The van der Waals surface area contributed by atoms with Crippen molar-refractivity contribution in [2.75, 3.05) is 44.7 Å². The first-order valence-corrected chi connectivity index (χ1v) is 7.41. The zero-order valence-corrected chi connectivity index (χ0v) is 13.5. The molecule has 1 atom stereocenters. The van der Waals surface area contributed by atoms with Crippen molar-refractivity contribution in [2.45, 2.75) is 0 Å². The Hall–Kier alpha value is -1.48. The van der Waals surface area contributed by atoms with Gasteiger partial charge in [0.2, 0.25) is 0 Å². The van der Waals surface area contributed by atoms with Crippen molar-refractivity contribution in [1.29, 1.82) is 0 Å². The zero-order chi connectivity index (χ0) is 15.4. The maximum absolute atomic E-state index is 11.4. The fourth-order valence-electron chi connectivity index (χ4n) is 2.71. The van der Waals surface area contributed by atoms with Crippen molar-refractivity contribution in [3.8, 4) is 0 Å². The minimum atomic E-state index is -0.935. The van der Waals surface area contributed by atoms with Crippen molar-refractivity contribution < 1.29 is 15.2 Å². The number of rotatable bonds is 5. The third-order valence-corrected chi connectivity index (χ3v) is 3.84. The Morgan fingerprint density at radius 3 is 2.83 bits per heavy atom. The zero-order valence-electron chi connectivity index (χ0n) is 12.7. The summed E-state index contributed by atoms with van der Waals surface area (Å²) in [6, 6.07) is 6.98. The third kappa shape index (κ3) is 4.29. The molecular formula is C15H21ClN4O3. The molecule has 23 heavy (non-hydrogen) atoms. The molecule has 3 rings (SSSR count). The molecule has 0 spiro atoms. The lowest BCUT2D eigenvalue weighted by atomic mass is 10.1. The number of quaternary nitrogens is 1. The number of hydrogen-bond donors (Lipinski definition) is 3. The highest BCUT2D eigenvalue weighted by Crippen LogP contribution is 2.26. The van der Waals surface area contributed by atoms with E-state index < -0.39 is 5.23 Å². The van der Waals surface area contributed by atoms with E-state index in [0.29, 0.717) is 10.9 Å². The average Bonchev–Trinajstić information content (AvgIpc) is 2.55. The van der Waals surface area contributed by atoms with E-state index in [4.69, 9.17) is 4.74 Å². The van der Waals surface area contributed by atoms with Gasteiger partial charge in [0, 0.05) is 38.4 Å². The molecule has 1 aromatic carbocycles. The third-order valence-electron chi connectivity index (χ3n) is 3.84. The van der Waals surface area contributed by atoms with Crippen molar-refractivity contribution in [3.05, 3.63) is 35.7 Å². The molecule has 1 fully saturated rings. The first-order valence-electron chi connectivity index (χ1n) is 7.41. The summed E-state index contributed by atoms with van der Waals surface area (Å²) < 4.78 is 5.33. The van der Waals surface area contributed by atoms with Gasteiger partial charge in [-0.05, 0) is 12.1 Å². The van der Waals surface area contributed by atoms with Crippen LogP contribution in [0.5, 0.6) is 0 Å². The van der Waals surface area contributed by atoms with Crippen molar-refractivity contribution in [2.24, 2.45) is 0 Å². The van der Waals surface area contributed by atoms with Gasteiger partial charge < -0.3 is 15.3 Å². The second-order valence-electron chi connectivity index (χ2n) is 5.24. The summed E-state index contributed by atoms with van der Waals surface area (Å²) in [5.41, 5.74) is 1.78. The Kier molecular flexibility index (Phi) is 6.52. The largest absolute Gasteiger partial charge is 0.595 e. The molecule has 0 aliphatic carbocycles. The molecule has 0 amide bonds. The van der Waals surface area contributed by atoms with Crippen LogP contribution in [-0.2, 0) is 4.74 Å². The average molecular weight is 341 g/mol. The Morgan fingerprint density at radius 2 is 2.09 bits per heavy atom. The Morgan fingerprint density at radius 1 is 1.30 bits per heavy atom. The normalized spacial score (nSPS) is 16.8. The van der Waals surface area contributed by atoms with Gasteiger partial charge in [-0.3, -0.25) is 9.88 Å². The minimum absolute atomic E-state index is 0. The standard InChI is InChI=1S/C15H20N4O3.ClH/c20-19(21)14-3-1-2-12-15(14)13(4-5-16-12)17-6-7-18-8-10-22-11-9-18;/h1-5,19-20H,6-11H2,(H,16,17);1H. The van der Waals surface area contributed by atoms with E-state index in [0.717, 1.165) is 45.1 Å². The number of hydrogen-bond acceptors (Lipinski definition) is 6. The van der Waals surface area contributed by atoms with Crippen LogP contribution in [0.1, 0.15) is 0 Å². The van der Waals surface area contributed by atoms with Crippen LogP contribution in [-0.4, -0.2) is 54.5 Å². The minimum Gasteiger partial charge on any atom is -0.595 e. The maximum atomic E-state index is 11.4. The first-order chi connectivity index (χ1) is 10.8. The van der Waals surface area contributed by atoms with Gasteiger partial charge in [-0.1, -0.05) is 6.07 Å². The van der Waals surface area contributed by atoms with E-state index in [2.05, 4.69) is 15.2 Å². The Bertz CT molecular complexity index is 630. The molecule has 3 N–H and O–H groups in total. The summed E-state index contributed by atoms with van der Waals surface area (Å²) in [7, 11) is 0. The molecule has 0 saturated carbocycles. The lowest BCUT2D eigenvalue weighted by Gasteiger charge is -2.26. The van der Waals surface area contributed by atoms with Gasteiger partial charge in [-0.25, -0.2) is 5.21 Å². The number of nitrogens with zero attached hydrogens (tertiary/aromatic N) is 2. The molecular weight excluding hydrogens is 320 g/mol. The van der Waals surface area contributed by atoms with E-state index in [1.807, 2.05) is 12.1 Å². The maximum Gasteiger partial charge on any atom is 0.175 e. The molecule has 1 unspecified atom stereocenters. The molecule has 0 bridgehead atoms. The van der Waals surface area contributed by atoms with Crippen LogP contribution in [0.3, 0.4) is 0 Å². The first kappa shape index (κ1) is 17.9. The van der Waals surface area contributed by atoms with Crippen molar-refractivity contribution in [1.82, 2.24) is 9.88 Å². The van der Waals surface area contributed by atoms with Crippen LogP contribution in [0.4, 0.5) is 11.4 Å². The molecule has 1 aliphatic rings. The second-order valence-corrected chi connectivity index (χ2v) is 5.24. The van der Waals surface area contributed by atoms with Crippen LogP contribution < -0.4 is 10.5 Å². The molecule has 2 heterocycles. The Labute approximate surface area is 140 Å². The fourth-order valence-corrected chi connectivity index (χ4v) is 2.71. The highest BCUT2D eigenvalue weighted by molar-refractivity contribution is 5.98. The van der Waals surface area contributed by atoms with E-state index in [9.17, 15) is 10.4 Å². The summed E-state index contributed by atoms with van der Waals surface area (Å²) >= 11 is 0. The van der Waals surface area contributed by atoms with Crippen LogP contribution >= 0.6 is 12.4 Å². The van der Waals surface area contributed by atoms with Gasteiger partial charge in [0.05, 0.1) is 29.8 Å². The van der Waals surface area contributed by atoms with E-state index in [1.165, 1.54) is 0 Å². The number of benzene rings is 1. The number of ether oxygens (including phenoxy) is 1. The van der Waals surface area contributed by atoms with Gasteiger partial charge in [0.25, 0.3) is 0 Å². The predicted molar refractivity (Wildman–Crippen MR) is 90.5 cm³/mol.